The van der Waals surface area contributed by atoms with Gasteiger partial charge in [-0.05, 0) is 5.56 Å². The van der Waals surface area contributed by atoms with Gasteiger partial charge in [0.05, 0.1) is 5.01 Å². The standard InChI is InChI=1S/C13H10N2S2/c1-3-11(13-15-6-8-17-13)4-2-10(1)9-12-14-5-7-16-12/h1-8H,9H2. The first-order valence-corrected chi connectivity index (χ1v) is 7.05. The largest absolute Gasteiger partial charge is 0.249 e. The molecule has 0 aliphatic rings. The van der Waals surface area contributed by atoms with Crippen LogP contribution in [0.4, 0.5) is 0 Å². The van der Waals surface area contributed by atoms with Crippen molar-refractivity contribution in [2.24, 2.45) is 0 Å². The highest BCUT2D eigenvalue weighted by molar-refractivity contribution is 7.13. The minimum Gasteiger partial charge on any atom is -0.249 e. The van der Waals surface area contributed by atoms with Gasteiger partial charge in [0.25, 0.3) is 0 Å². The van der Waals surface area contributed by atoms with E-state index < -0.39 is 0 Å². The molecule has 0 atom stereocenters. The molecule has 0 aliphatic carbocycles. The van der Waals surface area contributed by atoms with Gasteiger partial charge in [-0.1, -0.05) is 24.3 Å². The van der Waals surface area contributed by atoms with Crippen LogP contribution >= 0.6 is 22.7 Å². The third-order valence-corrected chi connectivity index (χ3v) is 4.07. The molecule has 2 nitrogen and oxygen atoms in total. The van der Waals surface area contributed by atoms with Gasteiger partial charge in [-0.2, -0.15) is 0 Å². The van der Waals surface area contributed by atoms with Gasteiger partial charge in [0.2, 0.25) is 0 Å². The van der Waals surface area contributed by atoms with Gasteiger partial charge < -0.3 is 0 Å². The van der Waals surface area contributed by atoms with Crippen molar-refractivity contribution in [3.8, 4) is 10.6 Å². The Balaban J connectivity index is 1.81. The van der Waals surface area contributed by atoms with Crippen LogP contribution in [0.25, 0.3) is 10.6 Å². The van der Waals surface area contributed by atoms with Crippen LogP contribution in [0.15, 0.2) is 47.4 Å². The summed E-state index contributed by atoms with van der Waals surface area (Å²) in [4.78, 5) is 8.59. The number of benzene rings is 1. The van der Waals surface area contributed by atoms with E-state index in [9.17, 15) is 0 Å². The number of hydrogen-bond donors (Lipinski definition) is 0. The highest BCUT2D eigenvalue weighted by Crippen LogP contribution is 2.22. The molecule has 0 spiro atoms. The summed E-state index contributed by atoms with van der Waals surface area (Å²) < 4.78 is 0. The van der Waals surface area contributed by atoms with Crippen molar-refractivity contribution in [3.63, 3.8) is 0 Å². The minimum atomic E-state index is 0.913. The van der Waals surface area contributed by atoms with Gasteiger partial charge >= 0.3 is 0 Å². The highest BCUT2D eigenvalue weighted by Gasteiger charge is 2.02. The first-order valence-electron chi connectivity index (χ1n) is 5.29. The van der Waals surface area contributed by atoms with Gasteiger partial charge in [-0.15, -0.1) is 22.7 Å². The third kappa shape index (κ3) is 2.43. The number of rotatable bonds is 3. The fourth-order valence-electron chi connectivity index (χ4n) is 1.65. The summed E-state index contributed by atoms with van der Waals surface area (Å²) in [5, 5.41) is 6.25. The molecule has 1 aromatic carbocycles. The van der Waals surface area contributed by atoms with Crippen molar-refractivity contribution in [2.45, 2.75) is 6.42 Å². The van der Waals surface area contributed by atoms with E-state index in [-0.39, 0.29) is 0 Å². The van der Waals surface area contributed by atoms with Gasteiger partial charge in [0.15, 0.2) is 0 Å². The number of aromatic nitrogens is 2. The normalized spacial score (nSPS) is 10.6. The third-order valence-electron chi connectivity index (χ3n) is 2.47. The lowest BCUT2D eigenvalue weighted by atomic mass is 10.1. The zero-order valence-corrected chi connectivity index (χ0v) is 10.7. The molecule has 84 valence electrons. The van der Waals surface area contributed by atoms with Gasteiger partial charge in [-0.3, -0.25) is 0 Å². The molecule has 0 amide bonds. The zero-order valence-electron chi connectivity index (χ0n) is 9.04. The van der Waals surface area contributed by atoms with E-state index >= 15 is 0 Å². The summed E-state index contributed by atoms with van der Waals surface area (Å²) in [6, 6.07) is 8.56. The van der Waals surface area contributed by atoms with E-state index in [1.54, 1.807) is 22.7 Å². The molecule has 4 heteroatoms. The quantitative estimate of drug-likeness (QED) is 0.713. The minimum absolute atomic E-state index is 0.913. The van der Waals surface area contributed by atoms with E-state index in [2.05, 4.69) is 34.2 Å². The Morgan fingerprint density at radius 1 is 0.882 bits per heavy atom. The summed E-state index contributed by atoms with van der Waals surface area (Å²) in [6.07, 6.45) is 4.60. The molecule has 2 heterocycles. The zero-order chi connectivity index (χ0) is 11.5. The predicted molar refractivity (Wildman–Crippen MR) is 72.5 cm³/mol. The van der Waals surface area contributed by atoms with Crippen LogP contribution in [0.5, 0.6) is 0 Å². The highest BCUT2D eigenvalue weighted by atomic mass is 32.1. The molecule has 3 rings (SSSR count). The fraction of sp³-hybridized carbons (Fsp3) is 0.0769. The summed E-state index contributed by atoms with van der Waals surface area (Å²) >= 11 is 3.36. The second-order valence-corrected chi connectivity index (χ2v) is 5.51. The van der Waals surface area contributed by atoms with Crippen molar-refractivity contribution < 1.29 is 0 Å². The summed E-state index contributed by atoms with van der Waals surface area (Å²) in [6.45, 7) is 0. The van der Waals surface area contributed by atoms with Crippen molar-refractivity contribution in [3.05, 3.63) is 58.0 Å². The van der Waals surface area contributed by atoms with Crippen LogP contribution in [0.1, 0.15) is 10.6 Å². The lowest BCUT2D eigenvalue weighted by Gasteiger charge is -2.00. The molecule has 17 heavy (non-hydrogen) atoms. The molecule has 2 aromatic heterocycles. The van der Waals surface area contributed by atoms with E-state index in [1.807, 2.05) is 23.2 Å². The first-order chi connectivity index (χ1) is 8.42. The lowest BCUT2D eigenvalue weighted by Crippen LogP contribution is -1.86. The topological polar surface area (TPSA) is 25.8 Å². The summed E-state index contributed by atoms with van der Waals surface area (Å²) in [5.41, 5.74) is 2.48. The maximum absolute atomic E-state index is 4.30. The average molecular weight is 258 g/mol. The Bertz CT molecular complexity index is 568. The summed E-state index contributed by atoms with van der Waals surface area (Å²) in [5.74, 6) is 0. The molecular formula is C13H10N2S2. The summed E-state index contributed by atoms with van der Waals surface area (Å²) in [7, 11) is 0. The average Bonchev–Trinajstić information content (AvgIpc) is 3.01. The SMILES string of the molecule is c1csc(Cc2ccc(-c3nccs3)cc2)n1. The second-order valence-electron chi connectivity index (χ2n) is 3.64. The second kappa shape index (κ2) is 4.77. The molecule has 0 unspecified atom stereocenters. The van der Waals surface area contributed by atoms with E-state index in [4.69, 9.17) is 0 Å². The van der Waals surface area contributed by atoms with Gasteiger partial charge in [0, 0.05) is 35.1 Å². The first kappa shape index (κ1) is 10.6. The molecule has 0 N–H and O–H groups in total. The van der Waals surface area contributed by atoms with Crippen LogP contribution in [0.2, 0.25) is 0 Å². The molecule has 0 saturated carbocycles. The Kier molecular flexibility index (Phi) is 2.98. The molecular weight excluding hydrogens is 248 g/mol. The number of thiazole rings is 2. The van der Waals surface area contributed by atoms with Gasteiger partial charge in [0.1, 0.15) is 5.01 Å². The maximum atomic E-state index is 4.30. The van der Waals surface area contributed by atoms with Crippen LogP contribution in [0, 0.1) is 0 Å². The van der Waals surface area contributed by atoms with Gasteiger partial charge in [-0.25, -0.2) is 9.97 Å². The monoisotopic (exact) mass is 258 g/mol. The van der Waals surface area contributed by atoms with Crippen LogP contribution in [0.3, 0.4) is 0 Å². The molecule has 0 bridgehead atoms. The maximum Gasteiger partial charge on any atom is 0.123 e. The Morgan fingerprint density at radius 2 is 1.65 bits per heavy atom. The van der Waals surface area contributed by atoms with Crippen LogP contribution in [-0.4, -0.2) is 9.97 Å². The molecule has 0 fully saturated rings. The lowest BCUT2D eigenvalue weighted by molar-refractivity contribution is 1.14. The Labute approximate surface area is 108 Å². The molecule has 0 aliphatic heterocycles. The van der Waals surface area contributed by atoms with E-state index in [1.165, 1.54) is 11.1 Å². The molecule has 0 saturated heterocycles. The smallest absolute Gasteiger partial charge is 0.123 e. The number of nitrogens with zero attached hydrogens (tertiary/aromatic N) is 2. The fourth-order valence-corrected chi connectivity index (χ4v) is 2.94. The Hall–Kier alpha value is -1.52. The predicted octanol–water partition coefficient (Wildman–Crippen LogP) is 3.86. The molecule has 0 radical (unpaired) electrons. The van der Waals surface area contributed by atoms with Crippen molar-refractivity contribution in [1.29, 1.82) is 0 Å². The van der Waals surface area contributed by atoms with E-state index in [0.717, 1.165) is 16.4 Å². The van der Waals surface area contributed by atoms with Crippen LogP contribution < -0.4 is 0 Å². The van der Waals surface area contributed by atoms with Crippen molar-refractivity contribution in [2.75, 3.05) is 0 Å². The molecule has 3 aromatic rings. The number of hydrogen-bond acceptors (Lipinski definition) is 4. The van der Waals surface area contributed by atoms with Crippen molar-refractivity contribution in [1.82, 2.24) is 9.97 Å². The van der Waals surface area contributed by atoms with E-state index in [0.29, 0.717) is 0 Å². The Morgan fingerprint density at radius 3 is 2.29 bits per heavy atom. The van der Waals surface area contributed by atoms with Crippen molar-refractivity contribution >= 4 is 22.7 Å². The van der Waals surface area contributed by atoms with Crippen LogP contribution in [-0.2, 0) is 6.42 Å².